The van der Waals surface area contributed by atoms with E-state index in [1.54, 1.807) is 0 Å². The standard InChI is InChI=1S/C33H20NO2PS/c38-37-30-14-5-3-12-27(30)35-29-17-16-25(32(33(29)37)36-28-13-4-6-15-31(28)37)22-10-7-9-21(18-22)24-19-23-8-1-2-11-26(23)34-20-24/h1-20H. The summed E-state index contributed by atoms with van der Waals surface area (Å²) in [7, 11) is 0. The number of rotatable bonds is 2. The Labute approximate surface area is 225 Å². The van der Waals surface area contributed by atoms with Crippen LogP contribution in [0.2, 0.25) is 0 Å². The van der Waals surface area contributed by atoms with E-state index in [0.717, 1.165) is 72.1 Å². The molecule has 0 fully saturated rings. The molecule has 0 aliphatic carbocycles. The molecule has 0 amide bonds. The van der Waals surface area contributed by atoms with Gasteiger partial charge in [-0.05, 0) is 65.7 Å². The largest absolute Gasteiger partial charge is 0.456 e. The average molecular weight is 526 g/mol. The van der Waals surface area contributed by atoms with E-state index in [1.807, 2.05) is 66.9 Å². The van der Waals surface area contributed by atoms with Gasteiger partial charge < -0.3 is 9.47 Å². The molecule has 3 heterocycles. The van der Waals surface area contributed by atoms with Crippen molar-refractivity contribution in [3.63, 3.8) is 0 Å². The lowest BCUT2D eigenvalue weighted by Gasteiger charge is -2.38. The molecule has 6 aromatic rings. The highest BCUT2D eigenvalue weighted by molar-refractivity contribution is 8.26. The van der Waals surface area contributed by atoms with Gasteiger partial charge in [0.15, 0.2) is 0 Å². The van der Waals surface area contributed by atoms with E-state index in [9.17, 15) is 0 Å². The fourth-order valence-electron chi connectivity index (χ4n) is 5.57. The third kappa shape index (κ3) is 3.08. The van der Waals surface area contributed by atoms with Crippen LogP contribution in [0, 0.1) is 0 Å². The Morgan fingerprint density at radius 2 is 1.29 bits per heavy atom. The minimum Gasteiger partial charge on any atom is -0.456 e. The monoisotopic (exact) mass is 525 g/mol. The van der Waals surface area contributed by atoms with Crippen LogP contribution in [0.1, 0.15) is 0 Å². The Bertz CT molecular complexity index is 1970. The Kier molecular flexibility index (Phi) is 4.66. The van der Waals surface area contributed by atoms with Gasteiger partial charge in [0.1, 0.15) is 23.0 Å². The van der Waals surface area contributed by atoms with E-state index in [-0.39, 0.29) is 0 Å². The van der Waals surface area contributed by atoms with Crippen LogP contribution in [-0.2, 0) is 11.8 Å². The van der Waals surface area contributed by atoms with Crippen molar-refractivity contribution in [2.24, 2.45) is 0 Å². The topological polar surface area (TPSA) is 31.4 Å². The molecule has 3 nitrogen and oxygen atoms in total. The van der Waals surface area contributed by atoms with Crippen molar-refractivity contribution in [3.05, 3.63) is 121 Å². The lowest BCUT2D eigenvalue weighted by Crippen LogP contribution is -2.35. The molecule has 0 radical (unpaired) electrons. The average Bonchev–Trinajstić information content (AvgIpc) is 2.97. The SMILES string of the molecule is S=P12c3ccccc3Oc3ccc(-c4cccc(-c5cnc6ccccc6c5)c4)c(c31)Oc1ccccc12. The van der Waals surface area contributed by atoms with Crippen molar-refractivity contribution < 1.29 is 9.47 Å². The maximum atomic E-state index is 6.66. The van der Waals surface area contributed by atoms with E-state index in [0.29, 0.717) is 0 Å². The molecule has 2 aliphatic heterocycles. The van der Waals surface area contributed by atoms with E-state index in [4.69, 9.17) is 21.3 Å². The first kappa shape index (κ1) is 21.8. The highest BCUT2D eigenvalue weighted by Gasteiger charge is 2.43. The van der Waals surface area contributed by atoms with Crippen LogP contribution in [0.4, 0.5) is 0 Å². The van der Waals surface area contributed by atoms with Crippen molar-refractivity contribution in [2.45, 2.75) is 0 Å². The molecule has 0 spiro atoms. The minimum atomic E-state index is -2.39. The highest BCUT2D eigenvalue weighted by Crippen LogP contribution is 2.60. The van der Waals surface area contributed by atoms with Gasteiger partial charge in [-0.2, -0.15) is 0 Å². The molecule has 2 aliphatic rings. The van der Waals surface area contributed by atoms with Gasteiger partial charge in [-0.25, -0.2) is 0 Å². The Hall–Kier alpha value is -4.24. The van der Waals surface area contributed by atoms with Crippen LogP contribution in [0.15, 0.2) is 121 Å². The normalized spacial score (nSPS) is 16.5. The Morgan fingerprint density at radius 1 is 0.579 bits per heavy atom. The zero-order valence-electron chi connectivity index (χ0n) is 20.2. The van der Waals surface area contributed by atoms with Crippen molar-refractivity contribution in [3.8, 4) is 45.3 Å². The molecule has 0 bridgehead atoms. The third-order valence-corrected chi connectivity index (χ3v) is 12.2. The number of pyridine rings is 1. The first-order valence-electron chi connectivity index (χ1n) is 12.5. The minimum absolute atomic E-state index is 0.787. The quantitative estimate of drug-likeness (QED) is 0.218. The molecule has 0 saturated heterocycles. The van der Waals surface area contributed by atoms with Gasteiger partial charge in [0.05, 0.1) is 16.9 Å². The zero-order chi connectivity index (χ0) is 25.3. The second kappa shape index (κ2) is 8.13. The van der Waals surface area contributed by atoms with E-state index >= 15 is 0 Å². The van der Waals surface area contributed by atoms with E-state index in [2.05, 4.69) is 59.6 Å². The predicted octanol–water partition coefficient (Wildman–Crippen LogP) is 7.54. The van der Waals surface area contributed by atoms with Gasteiger partial charge in [0.25, 0.3) is 0 Å². The van der Waals surface area contributed by atoms with Gasteiger partial charge in [0.2, 0.25) is 0 Å². The van der Waals surface area contributed by atoms with E-state index in [1.165, 1.54) is 0 Å². The van der Waals surface area contributed by atoms with Crippen molar-refractivity contribution in [2.75, 3.05) is 0 Å². The molecule has 180 valence electrons. The van der Waals surface area contributed by atoms with Crippen molar-refractivity contribution >= 4 is 44.7 Å². The van der Waals surface area contributed by atoms with Crippen LogP contribution in [-0.4, -0.2) is 4.98 Å². The molecule has 5 aromatic carbocycles. The fraction of sp³-hybridized carbons (Fsp3) is 0. The summed E-state index contributed by atoms with van der Waals surface area (Å²) in [6.07, 6.45) is 1.94. The summed E-state index contributed by atoms with van der Waals surface area (Å²) in [5, 5.41) is 4.27. The van der Waals surface area contributed by atoms with Crippen LogP contribution in [0.3, 0.4) is 0 Å². The van der Waals surface area contributed by atoms with Gasteiger partial charge in [-0.15, -0.1) is 0 Å². The van der Waals surface area contributed by atoms with Crippen LogP contribution >= 0.6 is 6.04 Å². The van der Waals surface area contributed by atoms with Gasteiger partial charge in [0, 0.05) is 33.3 Å². The predicted molar refractivity (Wildman–Crippen MR) is 159 cm³/mol. The maximum Gasteiger partial charge on any atom is 0.148 e. The van der Waals surface area contributed by atoms with E-state index < -0.39 is 6.04 Å². The second-order valence-corrected chi connectivity index (χ2v) is 13.8. The maximum absolute atomic E-state index is 6.66. The number of nitrogens with zero attached hydrogens (tertiary/aromatic N) is 1. The molecule has 1 unspecified atom stereocenters. The fourth-order valence-corrected chi connectivity index (χ4v) is 10.1. The number of hydrogen-bond donors (Lipinski definition) is 0. The smallest absolute Gasteiger partial charge is 0.148 e. The summed E-state index contributed by atoms with van der Waals surface area (Å²) < 4.78 is 13.1. The number of aromatic nitrogens is 1. The van der Waals surface area contributed by atoms with Gasteiger partial charge in [-0.1, -0.05) is 72.5 Å². The van der Waals surface area contributed by atoms with Gasteiger partial charge in [-0.3, -0.25) is 4.98 Å². The molecule has 1 atom stereocenters. The number of ether oxygens (including phenoxy) is 2. The van der Waals surface area contributed by atoms with Crippen LogP contribution in [0.25, 0.3) is 33.2 Å². The molecule has 8 rings (SSSR count). The number of benzene rings is 5. The number of para-hydroxylation sites is 3. The lowest BCUT2D eigenvalue weighted by molar-refractivity contribution is 0.467. The summed E-state index contributed by atoms with van der Waals surface area (Å²) in [6.45, 7) is 0. The lowest BCUT2D eigenvalue weighted by atomic mass is 9.98. The summed E-state index contributed by atoms with van der Waals surface area (Å²) >= 11 is 6.66. The van der Waals surface area contributed by atoms with Crippen molar-refractivity contribution in [1.82, 2.24) is 4.98 Å². The zero-order valence-corrected chi connectivity index (χ0v) is 21.9. The summed E-state index contributed by atoms with van der Waals surface area (Å²) in [5.74, 6) is 3.25. The Balaban J connectivity index is 1.34. The molecule has 5 heteroatoms. The van der Waals surface area contributed by atoms with Crippen molar-refractivity contribution in [1.29, 1.82) is 0 Å². The molecule has 0 saturated carbocycles. The molecule has 1 aromatic heterocycles. The van der Waals surface area contributed by atoms with Gasteiger partial charge >= 0.3 is 0 Å². The summed E-state index contributed by atoms with van der Waals surface area (Å²) in [4.78, 5) is 4.68. The first-order valence-corrected chi connectivity index (χ1v) is 15.3. The number of hydrogen-bond acceptors (Lipinski definition) is 4. The summed E-state index contributed by atoms with van der Waals surface area (Å²) in [6, 6.07) is 37.0. The molecule has 38 heavy (non-hydrogen) atoms. The first-order chi connectivity index (χ1) is 18.7. The summed E-state index contributed by atoms with van der Waals surface area (Å²) in [5.41, 5.74) is 5.23. The molecular formula is C33H20NO2PS. The second-order valence-electron chi connectivity index (χ2n) is 9.54. The Morgan fingerprint density at radius 3 is 2.13 bits per heavy atom. The number of fused-ring (bicyclic) bond motifs is 5. The molecule has 0 N–H and O–H groups in total. The third-order valence-electron chi connectivity index (χ3n) is 7.35. The highest BCUT2D eigenvalue weighted by atomic mass is 32.4. The van der Waals surface area contributed by atoms with Crippen LogP contribution < -0.4 is 25.4 Å². The molecular weight excluding hydrogens is 505 g/mol. The van der Waals surface area contributed by atoms with Crippen LogP contribution in [0.5, 0.6) is 23.0 Å².